The maximum Gasteiger partial charge on any atom is 0.241 e. The first-order chi connectivity index (χ1) is 19.1. The largest absolute Gasteiger partial charge is 0.455 e. The lowest BCUT2D eigenvalue weighted by Gasteiger charge is -2.21. The van der Waals surface area contributed by atoms with E-state index in [1.54, 1.807) is 24.3 Å². The molecule has 0 heterocycles. The average Bonchev–Trinajstić information content (AvgIpc) is 3.00. The van der Waals surface area contributed by atoms with Crippen molar-refractivity contribution in [3.63, 3.8) is 0 Å². The molecular weight excluding hydrogens is 484 g/mol. The van der Waals surface area contributed by atoms with Crippen LogP contribution in [0.2, 0.25) is 0 Å². The summed E-state index contributed by atoms with van der Waals surface area (Å²) in [6.07, 6.45) is 7.30. The second-order valence-corrected chi connectivity index (χ2v) is 9.66. The van der Waals surface area contributed by atoms with E-state index in [0.717, 1.165) is 19.3 Å². The van der Waals surface area contributed by atoms with Gasteiger partial charge in [-0.15, -0.1) is 0 Å². The van der Waals surface area contributed by atoms with Gasteiger partial charge in [-0.3, -0.25) is 9.59 Å². The van der Waals surface area contributed by atoms with Crippen LogP contribution in [-0.4, -0.2) is 17.9 Å². The second kappa shape index (κ2) is 14.7. The number of hydrogen-bond acceptors (Lipinski definition) is 4. The molecule has 0 aliphatic carbocycles. The highest BCUT2D eigenvalue weighted by Gasteiger charge is 2.15. The van der Waals surface area contributed by atoms with Crippen LogP contribution in [-0.2, 0) is 0 Å². The van der Waals surface area contributed by atoms with E-state index in [1.807, 2.05) is 84.9 Å². The third kappa shape index (κ3) is 8.41. The SMILES string of the molecule is CCCCCCCCC(Oc1ccc(C(=O)c2ccccc2)cc1)Oc1ccc(C(=O)c2ccccc2)cc1. The van der Waals surface area contributed by atoms with Gasteiger partial charge < -0.3 is 9.47 Å². The highest BCUT2D eigenvalue weighted by molar-refractivity contribution is 6.09. The maximum atomic E-state index is 12.7. The van der Waals surface area contributed by atoms with E-state index in [0.29, 0.717) is 33.8 Å². The van der Waals surface area contributed by atoms with Crippen LogP contribution in [0.3, 0.4) is 0 Å². The molecule has 0 radical (unpaired) electrons. The Balaban J connectivity index is 1.41. The van der Waals surface area contributed by atoms with Gasteiger partial charge in [0.05, 0.1) is 0 Å². The van der Waals surface area contributed by atoms with Crippen LogP contribution >= 0.6 is 0 Å². The minimum absolute atomic E-state index is 0.0211. The van der Waals surface area contributed by atoms with Crippen molar-refractivity contribution in [1.29, 1.82) is 0 Å². The van der Waals surface area contributed by atoms with Crippen LogP contribution in [0.25, 0.3) is 0 Å². The van der Waals surface area contributed by atoms with Gasteiger partial charge in [0, 0.05) is 28.7 Å². The lowest BCUT2D eigenvalue weighted by atomic mass is 10.0. The number of carbonyl (C=O) groups excluding carboxylic acids is 2. The normalized spacial score (nSPS) is 10.8. The third-order valence-corrected chi connectivity index (χ3v) is 6.63. The van der Waals surface area contributed by atoms with E-state index in [2.05, 4.69) is 6.92 Å². The lowest BCUT2D eigenvalue weighted by Crippen LogP contribution is -2.24. The fourth-order valence-corrected chi connectivity index (χ4v) is 4.42. The van der Waals surface area contributed by atoms with Gasteiger partial charge in [-0.2, -0.15) is 0 Å². The highest BCUT2D eigenvalue weighted by atomic mass is 16.7. The van der Waals surface area contributed by atoms with Crippen molar-refractivity contribution in [3.05, 3.63) is 131 Å². The van der Waals surface area contributed by atoms with Gasteiger partial charge in [-0.1, -0.05) is 99.7 Å². The van der Waals surface area contributed by atoms with Gasteiger partial charge in [0.1, 0.15) is 11.5 Å². The summed E-state index contributed by atoms with van der Waals surface area (Å²) >= 11 is 0. The molecule has 0 N–H and O–H groups in total. The molecule has 0 spiro atoms. The zero-order chi connectivity index (χ0) is 27.3. The molecule has 0 aromatic heterocycles. The molecule has 4 aromatic carbocycles. The first kappa shape index (κ1) is 27.8. The van der Waals surface area contributed by atoms with Crippen molar-refractivity contribution in [2.75, 3.05) is 0 Å². The topological polar surface area (TPSA) is 52.6 Å². The summed E-state index contributed by atoms with van der Waals surface area (Å²) in [5.74, 6) is 1.25. The minimum Gasteiger partial charge on any atom is -0.455 e. The molecule has 0 fully saturated rings. The molecular formula is C35H36O4. The van der Waals surface area contributed by atoms with Gasteiger partial charge in [0.15, 0.2) is 11.6 Å². The summed E-state index contributed by atoms with van der Waals surface area (Å²) in [4.78, 5) is 25.5. The summed E-state index contributed by atoms with van der Waals surface area (Å²) in [5.41, 5.74) is 2.54. The Hall–Kier alpha value is -4.18. The van der Waals surface area contributed by atoms with E-state index in [9.17, 15) is 9.59 Å². The number of carbonyl (C=O) groups is 2. The molecule has 200 valence electrons. The Morgan fingerprint density at radius 3 is 1.33 bits per heavy atom. The van der Waals surface area contributed by atoms with E-state index >= 15 is 0 Å². The fourth-order valence-electron chi connectivity index (χ4n) is 4.42. The van der Waals surface area contributed by atoms with Gasteiger partial charge in [-0.25, -0.2) is 0 Å². The van der Waals surface area contributed by atoms with Crippen LogP contribution in [0.4, 0.5) is 0 Å². The summed E-state index contributed by atoms with van der Waals surface area (Å²) in [6.45, 7) is 2.22. The molecule has 0 saturated heterocycles. The number of unbranched alkanes of at least 4 members (excludes halogenated alkanes) is 5. The van der Waals surface area contributed by atoms with E-state index < -0.39 is 6.29 Å². The molecule has 0 saturated carbocycles. The Morgan fingerprint density at radius 1 is 0.513 bits per heavy atom. The van der Waals surface area contributed by atoms with Crippen molar-refractivity contribution in [3.8, 4) is 11.5 Å². The van der Waals surface area contributed by atoms with E-state index in [-0.39, 0.29) is 11.6 Å². The zero-order valence-electron chi connectivity index (χ0n) is 22.6. The molecule has 4 nitrogen and oxygen atoms in total. The number of ketones is 2. The molecule has 0 aliphatic heterocycles. The number of benzene rings is 4. The molecule has 4 rings (SSSR count). The molecule has 0 aliphatic rings. The first-order valence-corrected chi connectivity index (χ1v) is 13.9. The van der Waals surface area contributed by atoms with Crippen molar-refractivity contribution in [2.45, 2.75) is 58.2 Å². The quantitative estimate of drug-likeness (QED) is 0.0894. The zero-order valence-corrected chi connectivity index (χ0v) is 22.6. The van der Waals surface area contributed by atoms with Crippen molar-refractivity contribution in [1.82, 2.24) is 0 Å². The van der Waals surface area contributed by atoms with E-state index in [4.69, 9.17) is 9.47 Å². The van der Waals surface area contributed by atoms with Gasteiger partial charge in [-0.05, 0) is 55.0 Å². The Bertz CT molecular complexity index is 1200. The molecule has 0 amide bonds. The monoisotopic (exact) mass is 520 g/mol. The second-order valence-electron chi connectivity index (χ2n) is 9.66. The number of rotatable bonds is 15. The number of ether oxygens (including phenoxy) is 2. The summed E-state index contributed by atoms with van der Waals surface area (Å²) in [7, 11) is 0. The minimum atomic E-state index is -0.484. The smallest absolute Gasteiger partial charge is 0.241 e. The summed E-state index contributed by atoms with van der Waals surface area (Å²) in [6, 6.07) is 32.9. The Labute approximate surface area is 231 Å². The van der Waals surface area contributed by atoms with Crippen molar-refractivity contribution >= 4 is 11.6 Å². The number of hydrogen-bond donors (Lipinski definition) is 0. The lowest BCUT2D eigenvalue weighted by molar-refractivity contribution is -0.00246. The van der Waals surface area contributed by atoms with Crippen LogP contribution in [0.15, 0.2) is 109 Å². The predicted octanol–water partition coefficient (Wildman–Crippen LogP) is 8.68. The molecule has 0 atom stereocenters. The fraction of sp³-hybridized carbons (Fsp3) is 0.257. The molecule has 39 heavy (non-hydrogen) atoms. The van der Waals surface area contributed by atoms with E-state index in [1.165, 1.54) is 25.7 Å². The average molecular weight is 521 g/mol. The third-order valence-electron chi connectivity index (χ3n) is 6.63. The summed E-state index contributed by atoms with van der Waals surface area (Å²) in [5, 5.41) is 0. The van der Waals surface area contributed by atoms with Crippen LogP contribution in [0, 0.1) is 0 Å². The van der Waals surface area contributed by atoms with Crippen LogP contribution in [0.5, 0.6) is 11.5 Å². The Morgan fingerprint density at radius 2 is 0.897 bits per heavy atom. The predicted molar refractivity (Wildman–Crippen MR) is 156 cm³/mol. The van der Waals surface area contributed by atoms with Crippen molar-refractivity contribution in [2.24, 2.45) is 0 Å². The Kier molecular flexibility index (Phi) is 10.5. The van der Waals surface area contributed by atoms with Crippen LogP contribution < -0.4 is 9.47 Å². The van der Waals surface area contributed by atoms with Gasteiger partial charge in [0.2, 0.25) is 6.29 Å². The van der Waals surface area contributed by atoms with Gasteiger partial charge in [0.25, 0.3) is 0 Å². The molecule has 0 unspecified atom stereocenters. The summed E-state index contributed by atoms with van der Waals surface area (Å²) < 4.78 is 12.5. The molecule has 4 heteroatoms. The standard InChI is InChI=1S/C35H36O4/c1-2-3-4-5-6-13-18-33(38-31-23-19-29(20-24-31)34(36)27-14-9-7-10-15-27)39-32-25-21-30(22-26-32)35(37)28-16-11-8-12-17-28/h7-12,14-17,19-26,33H,2-6,13,18H2,1H3. The van der Waals surface area contributed by atoms with Crippen molar-refractivity contribution < 1.29 is 19.1 Å². The maximum absolute atomic E-state index is 12.7. The molecule has 0 bridgehead atoms. The van der Waals surface area contributed by atoms with Gasteiger partial charge >= 0.3 is 0 Å². The first-order valence-electron chi connectivity index (χ1n) is 13.9. The van der Waals surface area contributed by atoms with Crippen LogP contribution in [0.1, 0.15) is 83.7 Å². The highest BCUT2D eigenvalue weighted by Crippen LogP contribution is 2.23. The molecule has 4 aromatic rings.